The van der Waals surface area contributed by atoms with E-state index in [9.17, 15) is 26.7 Å². The molecule has 0 radical (unpaired) electrons. The molecule has 1 aliphatic rings. The molecule has 0 aliphatic carbocycles. The molecule has 8 nitrogen and oxygen atoms in total. The number of hydrogen-bond acceptors (Lipinski definition) is 7. The van der Waals surface area contributed by atoms with Crippen LogP contribution in [-0.2, 0) is 21.8 Å². The molecular weight excluding hydrogens is 531 g/mol. The molecule has 1 aromatic heterocycles. The van der Waals surface area contributed by atoms with Gasteiger partial charge in [0, 0.05) is 37.2 Å². The Morgan fingerprint density at radius 2 is 1.90 bits per heavy atom. The van der Waals surface area contributed by atoms with Crippen LogP contribution in [0.4, 0.5) is 19.1 Å². The number of allylic oxidation sites excluding steroid dienone is 1. The van der Waals surface area contributed by atoms with E-state index in [0.29, 0.717) is 38.1 Å². The minimum absolute atomic E-state index is 0.0429. The van der Waals surface area contributed by atoms with Gasteiger partial charge in [0.2, 0.25) is 16.0 Å². The normalized spacial score (nSPS) is 17.0. The van der Waals surface area contributed by atoms with Gasteiger partial charge < -0.3 is 10.4 Å². The van der Waals surface area contributed by atoms with E-state index in [-0.39, 0.29) is 23.3 Å². The second-order valence-electron chi connectivity index (χ2n) is 10.4. The summed E-state index contributed by atoms with van der Waals surface area (Å²) in [6.07, 6.45) is 0.145. The molecule has 39 heavy (non-hydrogen) atoms. The fraction of sp³-hybridized carbons (Fsp3) is 0.519. The fourth-order valence-corrected chi connectivity index (χ4v) is 5.30. The summed E-state index contributed by atoms with van der Waals surface area (Å²) in [6.45, 7) is 9.35. The highest BCUT2D eigenvalue weighted by Gasteiger charge is 2.36. The first-order chi connectivity index (χ1) is 18.0. The zero-order chi connectivity index (χ0) is 29.2. The Bertz CT molecular complexity index is 1360. The Morgan fingerprint density at radius 1 is 1.26 bits per heavy atom. The van der Waals surface area contributed by atoms with Gasteiger partial charge in [-0.3, -0.25) is 4.99 Å². The third-order valence-electron chi connectivity index (χ3n) is 6.72. The molecule has 0 amide bonds. The molecule has 214 valence electrons. The predicted octanol–water partition coefficient (Wildman–Crippen LogP) is 5.13. The zero-order valence-corrected chi connectivity index (χ0v) is 23.9. The van der Waals surface area contributed by atoms with Crippen molar-refractivity contribution in [2.45, 2.75) is 71.7 Å². The number of nitrogens with one attached hydrogen (secondary N) is 1. The van der Waals surface area contributed by atoms with Crippen molar-refractivity contribution >= 4 is 27.3 Å². The number of halogens is 3. The number of hydrogen-bond donors (Lipinski definition) is 2. The number of aliphatic imine (C=N–C) groups is 1. The lowest BCUT2D eigenvalue weighted by Crippen LogP contribution is -2.42. The van der Waals surface area contributed by atoms with E-state index in [0.717, 1.165) is 29.1 Å². The minimum Gasteiger partial charge on any atom is -0.386 e. The number of aromatic nitrogens is 2. The highest BCUT2D eigenvalue weighted by atomic mass is 32.2. The maximum Gasteiger partial charge on any atom is 0.419 e. The molecule has 2 aromatic rings. The van der Waals surface area contributed by atoms with E-state index in [4.69, 9.17) is 0 Å². The van der Waals surface area contributed by atoms with E-state index in [1.165, 1.54) is 17.4 Å². The lowest BCUT2D eigenvalue weighted by atomic mass is 9.92. The average molecular weight is 568 g/mol. The molecule has 0 saturated carbocycles. The highest BCUT2D eigenvalue weighted by Crippen LogP contribution is 2.34. The summed E-state index contributed by atoms with van der Waals surface area (Å²) in [5.74, 6) is 0.0429. The van der Waals surface area contributed by atoms with Gasteiger partial charge in [0.1, 0.15) is 0 Å². The van der Waals surface area contributed by atoms with Gasteiger partial charge in [0.15, 0.2) is 0 Å². The predicted molar refractivity (Wildman–Crippen MR) is 147 cm³/mol. The lowest BCUT2D eigenvalue weighted by Gasteiger charge is -2.30. The maximum atomic E-state index is 13.8. The van der Waals surface area contributed by atoms with Crippen molar-refractivity contribution in [3.8, 4) is 0 Å². The van der Waals surface area contributed by atoms with Crippen molar-refractivity contribution in [3.63, 3.8) is 0 Å². The topological polar surface area (TPSA) is 108 Å². The molecule has 1 fully saturated rings. The summed E-state index contributed by atoms with van der Waals surface area (Å²) in [4.78, 5) is 12.6. The molecule has 3 rings (SSSR count). The van der Waals surface area contributed by atoms with Crippen LogP contribution in [0, 0.1) is 6.92 Å². The molecule has 0 atom stereocenters. The Labute approximate surface area is 228 Å². The first kappa shape index (κ1) is 30.7. The first-order valence-electron chi connectivity index (χ1n) is 12.7. The summed E-state index contributed by atoms with van der Waals surface area (Å²) in [6, 6.07) is 5.38. The van der Waals surface area contributed by atoms with Crippen LogP contribution in [0.2, 0.25) is 0 Å². The number of nitrogens with zero attached hydrogens (tertiary/aromatic N) is 4. The van der Waals surface area contributed by atoms with Crippen molar-refractivity contribution in [2.24, 2.45) is 4.99 Å². The number of piperidine rings is 1. The highest BCUT2D eigenvalue weighted by molar-refractivity contribution is 7.88. The van der Waals surface area contributed by atoms with Crippen LogP contribution in [-0.4, -0.2) is 58.9 Å². The monoisotopic (exact) mass is 567 g/mol. The molecule has 1 saturated heterocycles. The Hall–Kier alpha value is -2.83. The van der Waals surface area contributed by atoms with Crippen molar-refractivity contribution in [2.75, 3.05) is 24.7 Å². The number of aliphatic hydroxyl groups is 1. The van der Waals surface area contributed by atoms with E-state index in [1.807, 2.05) is 32.0 Å². The van der Waals surface area contributed by atoms with Crippen LogP contribution in [0.5, 0.6) is 0 Å². The van der Waals surface area contributed by atoms with Crippen LogP contribution in [0.25, 0.3) is 5.57 Å². The summed E-state index contributed by atoms with van der Waals surface area (Å²) in [7, 11) is -3.29. The van der Waals surface area contributed by atoms with Crippen LogP contribution in [0.15, 0.2) is 35.6 Å². The SMILES string of the molecule is CCC(=N/C=C(\C)c1nc(NC2CCN(S(C)(=O)=O)CC2)ncc1C(F)(F)F)c1ccc(C(C)(C)O)cc1C. The second kappa shape index (κ2) is 11.7. The number of benzene rings is 1. The standard InChI is InChI=1S/C27H36F3N5O3S/c1-7-23(21-9-8-19(14-17(21)2)26(4,5)36)31-15-18(3)24-22(27(28,29)30)16-32-25(34-24)33-20-10-12-35(13-11-20)39(6,37)38/h8-9,14-16,20,36H,7,10-13H2,1-6H3,(H,32,33,34)/b18-15+,31-23?. The van der Waals surface area contributed by atoms with Crippen LogP contribution in [0.3, 0.4) is 0 Å². The number of anilines is 1. The van der Waals surface area contributed by atoms with Gasteiger partial charge in [-0.25, -0.2) is 22.7 Å². The van der Waals surface area contributed by atoms with Crippen LogP contribution in [0.1, 0.15) is 74.9 Å². The van der Waals surface area contributed by atoms with Crippen molar-refractivity contribution in [1.82, 2.24) is 14.3 Å². The maximum absolute atomic E-state index is 13.8. The smallest absolute Gasteiger partial charge is 0.386 e. The molecule has 0 bridgehead atoms. The molecule has 2 heterocycles. The van der Waals surface area contributed by atoms with E-state index >= 15 is 0 Å². The molecule has 0 spiro atoms. The molecule has 2 N–H and O–H groups in total. The van der Waals surface area contributed by atoms with Gasteiger partial charge in [-0.05, 0) is 69.2 Å². The number of rotatable bonds is 8. The molecule has 0 unspecified atom stereocenters. The first-order valence-corrected chi connectivity index (χ1v) is 14.6. The van der Waals surface area contributed by atoms with Gasteiger partial charge in [-0.2, -0.15) is 13.2 Å². The largest absolute Gasteiger partial charge is 0.419 e. The van der Waals surface area contributed by atoms with Gasteiger partial charge in [0.05, 0.1) is 23.1 Å². The van der Waals surface area contributed by atoms with E-state index in [1.54, 1.807) is 13.8 Å². The summed E-state index contributed by atoms with van der Waals surface area (Å²) < 4.78 is 66.3. The quantitative estimate of drug-likeness (QED) is 0.429. The molecule has 12 heteroatoms. The van der Waals surface area contributed by atoms with E-state index < -0.39 is 27.4 Å². The zero-order valence-electron chi connectivity index (χ0n) is 23.1. The number of sulfonamides is 1. The van der Waals surface area contributed by atoms with Gasteiger partial charge in [-0.1, -0.05) is 25.1 Å². The molecule has 1 aromatic carbocycles. The Kier molecular flexibility index (Phi) is 9.24. The summed E-state index contributed by atoms with van der Waals surface area (Å²) in [5, 5.41) is 13.3. The van der Waals surface area contributed by atoms with Crippen molar-refractivity contribution < 1.29 is 26.7 Å². The second-order valence-corrected chi connectivity index (χ2v) is 12.3. The Balaban J connectivity index is 1.90. The summed E-state index contributed by atoms with van der Waals surface area (Å²) >= 11 is 0. The van der Waals surface area contributed by atoms with Gasteiger partial charge in [0.25, 0.3) is 0 Å². The molecular formula is C27H36F3N5O3S. The van der Waals surface area contributed by atoms with Crippen LogP contribution < -0.4 is 5.32 Å². The van der Waals surface area contributed by atoms with Crippen molar-refractivity contribution in [1.29, 1.82) is 0 Å². The van der Waals surface area contributed by atoms with Gasteiger partial charge in [-0.15, -0.1) is 0 Å². The third kappa shape index (κ3) is 7.86. The van der Waals surface area contributed by atoms with Gasteiger partial charge >= 0.3 is 6.18 Å². The lowest BCUT2D eigenvalue weighted by molar-refractivity contribution is -0.138. The minimum atomic E-state index is -4.66. The summed E-state index contributed by atoms with van der Waals surface area (Å²) in [5.41, 5.74) is 1.16. The Morgan fingerprint density at radius 3 is 2.41 bits per heavy atom. The third-order valence-corrected chi connectivity index (χ3v) is 8.02. The fourth-order valence-electron chi connectivity index (χ4n) is 4.43. The van der Waals surface area contributed by atoms with Crippen molar-refractivity contribution in [3.05, 3.63) is 58.5 Å². The average Bonchev–Trinajstić information content (AvgIpc) is 2.83. The van der Waals surface area contributed by atoms with Crippen LogP contribution >= 0.6 is 0 Å². The number of aryl methyl sites for hydroxylation is 1. The van der Waals surface area contributed by atoms with E-state index in [2.05, 4.69) is 20.3 Å². The molecule has 1 aliphatic heterocycles. The number of alkyl halides is 3.